The Labute approximate surface area is 86.9 Å². The van der Waals surface area contributed by atoms with E-state index >= 15 is 0 Å². The molecule has 1 aliphatic carbocycles. The minimum atomic E-state index is -0.447. The van der Waals surface area contributed by atoms with Crippen molar-refractivity contribution in [3.05, 3.63) is 34.6 Å². The molecule has 1 saturated carbocycles. The third-order valence-corrected chi connectivity index (χ3v) is 3.27. The number of rotatable bonds is 2. The third-order valence-electron chi connectivity index (χ3n) is 2.97. The molecule has 3 heteroatoms. The van der Waals surface area contributed by atoms with Crippen molar-refractivity contribution in [1.29, 1.82) is 0 Å². The molecule has 0 radical (unpaired) electrons. The molecular formula is C11H10ClFO. The van der Waals surface area contributed by atoms with E-state index in [0.29, 0.717) is 0 Å². The number of hydrogen-bond acceptors (Lipinski definition) is 1. The summed E-state index contributed by atoms with van der Waals surface area (Å²) in [5.41, 5.74) is 0.312. The smallest absolute Gasteiger partial charge is 0.142 e. The predicted molar refractivity (Wildman–Crippen MR) is 53.0 cm³/mol. The van der Waals surface area contributed by atoms with Crippen LogP contribution in [0.3, 0.4) is 0 Å². The van der Waals surface area contributed by atoms with E-state index in [1.807, 2.05) is 0 Å². The third kappa shape index (κ3) is 1.34. The van der Waals surface area contributed by atoms with Crippen molar-refractivity contribution in [3.63, 3.8) is 0 Å². The van der Waals surface area contributed by atoms with Gasteiger partial charge in [-0.1, -0.05) is 24.1 Å². The van der Waals surface area contributed by atoms with E-state index in [0.717, 1.165) is 31.1 Å². The van der Waals surface area contributed by atoms with E-state index in [4.69, 9.17) is 11.6 Å². The summed E-state index contributed by atoms with van der Waals surface area (Å²) in [4.78, 5) is 11.0. The second-order valence-corrected chi connectivity index (χ2v) is 4.16. The Balaban J connectivity index is 2.41. The zero-order valence-electron chi connectivity index (χ0n) is 7.59. The molecule has 1 aromatic carbocycles. The second-order valence-electron chi connectivity index (χ2n) is 3.76. The predicted octanol–water partition coefficient (Wildman–Crippen LogP) is 3.10. The maximum atomic E-state index is 13.2. The monoisotopic (exact) mass is 212 g/mol. The van der Waals surface area contributed by atoms with Gasteiger partial charge in [0.2, 0.25) is 0 Å². The van der Waals surface area contributed by atoms with Crippen LogP contribution in [0.1, 0.15) is 24.8 Å². The fourth-order valence-corrected chi connectivity index (χ4v) is 1.96. The number of benzene rings is 1. The maximum absolute atomic E-state index is 13.2. The number of hydrogen-bond donors (Lipinski definition) is 0. The van der Waals surface area contributed by atoms with Gasteiger partial charge in [0.05, 0.1) is 10.4 Å². The van der Waals surface area contributed by atoms with Crippen molar-refractivity contribution < 1.29 is 9.18 Å². The molecule has 0 saturated heterocycles. The van der Waals surface area contributed by atoms with Crippen LogP contribution in [0.2, 0.25) is 5.02 Å². The molecule has 1 nitrogen and oxygen atoms in total. The molecule has 2 rings (SSSR count). The van der Waals surface area contributed by atoms with E-state index in [-0.39, 0.29) is 5.02 Å². The van der Waals surface area contributed by atoms with E-state index in [9.17, 15) is 9.18 Å². The molecule has 74 valence electrons. The Morgan fingerprint density at radius 3 is 2.57 bits per heavy atom. The van der Waals surface area contributed by atoms with Crippen LogP contribution in [-0.4, -0.2) is 6.29 Å². The highest BCUT2D eigenvalue weighted by Crippen LogP contribution is 2.42. The largest absolute Gasteiger partial charge is 0.302 e. The van der Waals surface area contributed by atoms with Crippen molar-refractivity contribution in [1.82, 2.24) is 0 Å². The van der Waals surface area contributed by atoms with E-state index in [1.165, 1.54) is 12.1 Å². The van der Waals surface area contributed by atoms with Gasteiger partial charge in [-0.2, -0.15) is 0 Å². The normalized spacial score (nSPS) is 18.7. The maximum Gasteiger partial charge on any atom is 0.142 e. The minimum Gasteiger partial charge on any atom is -0.302 e. The van der Waals surface area contributed by atoms with E-state index in [1.54, 1.807) is 6.07 Å². The van der Waals surface area contributed by atoms with E-state index < -0.39 is 11.2 Å². The van der Waals surface area contributed by atoms with Gasteiger partial charge in [0, 0.05) is 0 Å². The van der Waals surface area contributed by atoms with Gasteiger partial charge in [-0.15, -0.1) is 0 Å². The van der Waals surface area contributed by atoms with Crippen molar-refractivity contribution >= 4 is 17.9 Å². The van der Waals surface area contributed by atoms with Crippen molar-refractivity contribution in [3.8, 4) is 0 Å². The molecule has 0 amide bonds. The molecule has 0 aliphatic heterocycles. The van der Waals surface area contributed by atoms with Gasteiger partial charge >= 0.3 is 0 Å². The van der Waals surface area contributed by atoms with Gasteiger partial charge in [0.1, 0.15) is 12.1 Å². The Bertz CT molecular complexity index is 372. The van der Waals surface area contributed by atoms with Crippen molar-refractivity contribution in [2.45, 2.75) is 24.7 Å². The topological polar surface area (TPSA) is 17.1 Å². The van der Waals surface area contributed by atoms with Crippen LogP contribution in [0.4, 0.5) is 4.39 Å². The SMILES string of the molecule is O=CC1(c2ccc(Cl)c(F)c2)CCC1. The van der Waals surface area contributed by atoms with Gasteiger partial charge in [0.25, 0.3) is 0 Å². The Morgan fingerprint density at radius 2 is 2.14 bits per heavy atom. The lowest BCUT2D eigenvalue weighted by Gasteiger charge is -2.37. The van der Waals surface area contributed by atoms with Crippen LogP contribution in [0.15, 0.2) is 18.2 Å². The molecule has 0 unspecified atom stereocenters. The van der Waals surface area contributed by atoms with Crippen molar-refractivity contribution in [2.75, 3.05) is 0 Å². The first-order valence-electron chi connectivity index (χ1n) is 4.60. The van der Waals surface area contributed by atoms with Gasteiger partial charge in [0.15, 0.2) is 0 Å². The van der Waals surface area contributed by atoms with Crippen LogP contribution in [-0.2, 0) is 10.2 Å². The first-order valence-corrected chi connectivity index (χ1v) is 4.98. The average Bonchev–Trinajstić information content (AvgIpc) is 2.10. The summed E-state index contributed by atoms with van der Waals surface area (Å²) in [7, 11) is 0. The summed E-state index contributed by atoms with van der Waals surface area (Å²) >= 11 is 5.57. The lowest BCUT2D eigenvalue weighted by atomic mass is 9.65. The van der Waals surface area contributed by atoms with Gasteiger partial charge in [-0.25, -0.2) is 4.39 Å². The molecule has 1 aliphatic rings. The summed E-state index contributed by atoms with van der Waals surface area (Å²) in [6.45, 7) is 0. The second kappa shape index (κ2) is 3.35. The fraction of sp³-hybridized carbons (Fsp3) is 0.364. The Kier molecular flexibility index (Phi) is 2.31. The highest BCUT2D eigenvalue weighted by molar-refractivity contribution is 6.30. The Morgan fingerprint density at radius 1 is 1.43 bits per heavy atom. The molecule has 0 heterocycles. The molecule has 0 spiro atoms. The minimum absolute atomic E-state index is 0.106. The summed E-state index contributed by atoms with van der Waals surface area (Å²) < 4.78 is 13.2. The summed E-state index contributed by atoms with van der Waals surface area (Å²) in [5.74, 6) is -0.447. The van der Waals surface area contributed by atoms with E-state index in [2.05, 4.69) is 0 Å². The molecule has 1 aromatic rings. The van der Waals surface area contributed by atoms with Crippen LogP contribution in [0, 0.1) is 5.82 Å². The zero-order chi connectivity index (χ0) is 10.2. The Hall–Kier alpha value is -0.890. The lowest BCUT2D eigenvalue weighted by molar-refractivity contribution is -0.115. The molecule has 1 fully saturated rings. The highest BCUT2D eigenvalue weighted by atomic mass is 35.5. The number of halogens is 2. The van der Waals surface area contributed by atoms with Gasteiger partial charge < -0.3 is 4.79 Å². The van der Waals surface area contributed by atoms with Crippen molar-refractivity contribution in [2.24, 2.45) is 0 Å². The number of carbonyl (C=O) groups is 1. The van der Waals surface area contributed by atoms with Crippen LogP contribution >= 0.6 is 11.6 Å². The van der Waals surface area contributed by atoms with Gasteiger partial charge in [-0.3, -0.25) is 0 Å². The molecule has 14 heavy (non-hydrogen) atoms. The molecule has 0 atom stereocenters. The molecular weight excluding hydrogens is 203 g/mol. The summed E-state index contributed by atoms with van der Waals surface area (Å²) in [6, 6.07) is 4.62. The summed E-state index contributed by atoms with van der Waals surface area (Å²) in [6.07, 6.45) is 3.59. The highest BCUT2D eigenvalue weighted by Gasteiger charge is 2.38. The number of carbonyl (C=O) groups excluding carboxylic acids is 1. The molecule has 0 N–H and O–H groups in total. The average molecular weight is 213 g/mol. The lowest BCUT2D eigenvalue weighted by Crippen LogP contribution is -2.35. The van der Waals surface area contributed by atoms with Crippen LogP contribution < -0.4 is 0 Å². The molecule has 0 aromatic heterocycles. The molecule has 0 bridgehead atoms. The fourth-order valence-electron chi connectivity index (χ4n) is 1.84. The standard InChI is InChI=1S/C11H10ClFO/c12-9-3-2-8(6-10(9)13)11(7-14)4-1-5-11/h2-3,6-7H,1,4-5H2. The summed E-state index contributed by atoms with van der Waals surface area (Å²) in [5, 5.41) is 0.106. The van der Waals surface area contributed by atoms with Gasteiger partial charge in [-0.05, 0) is 30.5 Å². The zero-order valence-corrected chi connectivity index (χ0v) is 8.35. The van der Waals surface area contributed by atoms with Crippen LogP contribution in [0.5, 0.6) is 0 Å². The number of aldehydes is 1. The first-order chi connectivity index (χ1) is 6.68. The first kappa shape index (κ1) is 9.66. The van der Waals surface area contributed by atoms with Crippen LogP contribution in [0.25, 0.3) is 0 Å². The quantitative estimate of drug-likeness (QED) is 0.689.